The van der Waals surface area contributed by atoms with Crippen molar-refractivity contribution >= 4 is 68.1 Å². The lowest BCUT2D eigenvalue weighted by Crippen LogP contribution is -2.20. The van der Waals surface area contributed by atoms with Crippen molar-refractivity contribution in [2.24, 2.45) is 16.5 Å². The van der Waals surface area contributed by atoms with E-state index in [1.165, 1.54) is 36.6 Å². The van der Waals surface area contributed by atoms with Gasteiger partial charge in [-0.1, -0.05) is 23.5 Å². The molecular weight excluding hydrogens is 783 g/mol. The summed E-state index contributed by atoms with van der Waals surface area (Å²) in [6.07, 6.45) is 3.66. The van der Waals surface area contributed by atoms with E-state index in [1.807, 2.05) is 19.9 Å². The van der Waals surface area contributed by atoms with Gasteiger partial charge < -0.3 is 35.2 Å². The van der Waals surface area contributed by atoms with Crippen LogP contribution in [-0.2, 0) is 31.0 Å². The van der Waals surface area contributed by atoms with Gasteiger partial charge in [0.1, 0.15) is 33.9 Å². The first kappa shape index (κ1) is 41.5. The van der Waals surface area contributed by atoms with Crippen LogP contribution in [-0.4, -0.2) is 82.1 Å². The maximum Gasteiger partial charge on any atom is 0.303 e. The number of carbonyl (C=O) groups excluding carboxylic acids is 4. The number of carboxylic acid groups (broad SMARTS) is 1. The Morgan fingerprint density at radius 2 is 1.46 bits per heavy atom. The molecule has 0 aliphatic carbocycles. The van der Waals surface area contributed by atoms with Gasteiger partial charge in [-0.05, 0) is 70.5 Å². The topological polar surface area (TPSA) is 259 Å². The van der Waals surface area contributed by atoms with E-state index in [0.29, 0.717) is 62.1 Å². The highest BCUT2D eigenvalue weighted by Crippen LogP contribution is 2.32. The van der Waals surface area contributed by atoms with Crippen LogP contribution in [0.4, 0.5) is 5.95 Å². The summed E-state index contributed by atoms with van der Waals surface area (Å²) in [6.45, 7) is 8.47. The minimum Gasteiger partial charge on any atom is -0.494 e. The van der Waals surface area contributed by atoms with Crippen molar-refractivity contribution in [3.8, 4) is 11.5 Å². The molecule has 6 rings (SSSR count). The third kappa shape index (κ3) is 8.91. The highest BCUT2D eigenvalue weighted by Gasteiger charge is 2.22. The van der Waals surface area contributed by atoms with Crippen LogP contribution < -0.4 is 31.1 Å². The van der Waals surface area contributed by atoms with E-state index >= 15 is 0 Å². The van der Waals surface area contributed by atoms with Crippen LogP contribution in [0.15, 0.2) is 53.5 Å². The van der Waals surface area contributed by atoms with Crippen LogP contribution in [0.2, 0.25) is 0 Å². The van der Waals surface area contributed by atoms with E-state index in [4.69, 9.17) is 20.9 Å². The van der Waals surface area contributed by atoms with Crippen LogP contribution in [0.25, 0.3) is 21.3 Å². The molecule has 0 atom stereocenters. The number of anilines is 1. The van der Waals surface area contributed by atoms with E-state index in [-0.39, 0.29) is 60.9 Å². The van der Waals surface area contributed by atoms with E-state index < -0.39 is 29.6 Å². The molecule has 308 valence electrons. The third-order valence-electron chi connectivity index (χ3n) is 9.15. The third-order valence-corrected chi connectivity index (χ3v) is 10.2. The van der Waals surface area contributed by atoms with Gasteiger partial charge in [-0.2, -0.15) is 15.2 Å². The van der Waals surface area contributed by atoms with Crippen LogP contribution in [0.5, 0.6) is 11.5 Å². The number of nitrogens with zero attached hydrogens (tertiary/aromatic N) is 8. The average Bonchev–Trinajstić information content (AvgIpc) is 3.96. The molecule has 0 bridgehead atoms. The molecule has 19 nitrogen and oxygen atoms in total. The standard InChI is InChI=1S/C39H43N11O8S/c1-6-49-26(15-21(3)45-49)36(55)43-38-42-25-17-23(34(40)53)19-29(58-14-10-11-31(51)52)32(25)47(38)12-8-9-13-48-33-28(57-5)18-24(35(41)54)20-30(33)59-39(48)44-37(56)27-16-22(4)46-50(27)7-2/h8-9,15-20H,6-7,10-14H2,1-5H3,(H2,40,53)(H2,41,54)(H,51,52)(H,42,43,55)/b9-8+,44-39?. The molecule has 0 saturated carbocycles. The maximum atomic E-state index is 13.7. The van der Waals surface area contributed by atoms with Gasteiger partial charge in [0.05, 0.1) is 35.3 Å². The summed E-state index contributed by atoms with van der Waals surface area (Å²) in [4.78, 5) is 72.5. The second kappa shape index (κ2) is 17.6. The van der Waals surface area contributed by atoms with Gasteiger partial charge in [0, 0.05) is 43.7 Å². The number of primary amides is 2. The number of hydrogen-bond acceptors (Lipinski definition) is 11. The van der Waals surface area contributed by atoms with Crippen molar-refractivity contribution in [3.05, 3.63) is 87.3 Å². The highest BCUT2D eigenvalue weighted by molar-refractivity contribution is 7.16. The van der Waals surface area contributed by atoms with Gasteiger partial charge in [-0.25, -0.2) is 4.98 Å². The number of allylic oxidation sites excluding steroid dienone is 2. The average molecular weight is 826 g/mol. The Balaban J connectivity index is 1.44. The molecule has 4 amide bonds. The van der Waals surface area contributed by atoms with Crippen molar-refractivity contribution in [2.45, 2.75) is 66.7 Å². The van der Waals surface area contributed by atoms with Gasteiger partial charge in [-0.3, -0.25) is 38.7 Å². The first-order valence-corrected chi connectivity index (χ1v) is 19.4. The summed E-state index contributed by atoms with van der Waals surface area (Å²) in [7, 11) is 1.46. The van der Waals surface area contributed by atoms with E-state index in [1.54, 1.807) is 56.6 Å². The number of imidazole rings is 1. The molecule has 0 saturated heterocycles. The summed E-state index contributed by atoms with van der Waals surface area (Å²) in [5.41, 5.74) is 14.8. The van der Waals surface area contributed by atoms with Gasteiger partial charge in [-0.15, -0.1) is 0 Å². The number of fused-ring (bicyclic) bond motifs is 2. The van der Waals surface area contributed by atoms with Crippen molar-refractivity contribution in [3.63, 3.8) is 0 Å². The molecule has 20 heteroatoms. The zero-order chi connectivity index (χ0) is 42.5. The summed E-state index contributed by atoms with van der Waals surface area (Å²) in [5.74, 6) is -2.72. The molecule has 0 fully saturated rings. The zero-order valence-electron chi connectivity index (χ0n) is 33.0. The zero-order valence-corrected chi connectivity index (χ0v) is 33.8. The lowest BCUT2D eigenvalue weighted by Gasteiger charge is -2.13. The largest absolute Gasteiger partial charge is 0.494 e. The monoisotopic (exact) mass is 825 g/mol. The number of nitrogens with two attached hydrogens (primary N) is 2. The van der Waals surface area contributed by atoms with Gasteiger partial charge in [0.15, 0.2) is 4.80 Å². The Hall–Kier alpha value is -7.09. The second-order valence-electron chi connectivity index (χ2n) is 13.3. The Morgan fingerprint density at radius 3 is 2.08 bits per heavy atom. The molecular formula is C39H43N11O8S. The molecule has 0 aliphatic rings. The number of carbonyl (C=O) groups is 5. The van der Waals surface area contributed by atoms with Gasteiger partial charge >= 0.3 is 5.97 Å². The number of benzene rings is 2. The van der Waals surface area contributed by atoms with E-state index in [0.717, 1.165) is 0 Å². The van der Waals surface area contributed by atoms with Crippen molar-refractivity contribution in [2.75, 3.05) is 19.0 Å². The molecule has 4 aromatic heterocycles. The number of hydrogen-bond donors (Lipinski definition) is 4. The fourth-order valence-electron chi connectivity index (χ4n) is 6.48. The molecule has 59 heavy (non-hydrogen) atoms. The molecule has 2 aromatic carbocycles. The van der Waals surface area contributed by atoms with Gasteiger partial charge in [0.25, 0.3) is 11.8 Å². The fraction of sp³-hybridized carbons (Fsp3) is 0.308. The van der Waals surface area contributed by atoms with Crippen molar-refractivity contribution in [1.82, 2.24) is 33.7 Å². The molecule has 4 heterocycles. The summed E-state index contributed by atoms with van der Waals surface area (Å²) in [6, 6.07) is 9.39. The number of carboxylic acids is 1. The van der Waals surface area contributed by atoms with Crippen LogP contribution >= 0.6 is 11.3 Å². The Kier molecular flexibility index (Phi) is 12.4. The number of aryl methyl sites for hydroxylation is 4. The van der Waals surface area contributed by atoms with Gasteiger partial charge in [0.2, 0.25) is 17.8 Å². The smallest absolute Gasteiger partial charge is 0.303 e. The first-order chi connectivity index (χ1) is 28.2. The predicted octanol–water partition coefficient (Wildman–Crippen LogP) is 3.80. The van der Waals surface area contributed by atoms with Crippen LogP contribution in [0.3, 0.4) is 0 Å². The fourth-order valence-corrected chi connectivity index (χ4v) is 7.58. The summed E-state index contributed by atoms with van der Waals surface area (Å²) >= 11 is 1.18. The van der Waals surface area contributed by atoms with Crippen molar-refractivity contribution < 1.29 is 38.6 Å². The number of ether oxygens (including phenoxy) is 2. The molecule has 0 unspecified atom stereocenters. The second-order valence-corrected chi connectivity index (χ2v) is 14.3. The molecule has 0 aliphatic heterocycles. The van der Waals surface area contributed by atoms with E-state index in [9.17, 15) is 29.1 Å². The highest BCUT2D eigenvalue weighted by atomic mass is 32.1. The predicted molar refractivity (Wildman–Crippen MR) is 218 cm³/mol. The molecule has 0 spiro atoms. The van der Waals surface area contributed by atoms with Crippen LogP contribution in [0, 0.1) is 13.8 Å². The Labute approximate surface area is 340 Å². The summed E-state index contributed by atoms with van der Waals surface area (Å²) in [5, 5.41) is 20.8. The normalized spacial score (nSPS) is 11.8. The number of methoxy groups -OCH3 is 1. The number of aromatic nitrogens is 7. The quantitative estimate of drug-likeness (QED) is 0.0760. The lowest BCUT2D eigenvalue weighted by atomic mass is 10.1. The maximum absolute atomic E-state index is 13.7. The SMILES string of the molecule is CCn1nc(C)cc1C(=O)N=c1sc2cc(C(N)=O)cc(OC)c2n1C/C=C/Cn1c(NC(=O)c2cc(C)nn2CC)nc2cc(C(N)=O)cc(OCCCC(=O)O)c21. The number of nitrogens with one attached hydrogen (secondary N) is 1. The minimum atomic E-state index is -0.989. The Bertz CT molecular complexity index is 2730. The minimum absolute atomic E-state index is 0.00602. The van der Waals surface area contributed by atoms with Crippen LogP contribution in [0.1, 0.15) is 79.8 Å². The van der Waals surface area contributed by atoms with E-state index in [2.05, 4.69) is 25.5 Å². The molecule has 6 aromatic rings. The first-order valence-electron chi connectivity index (χ1n) is 18.6. The molecule has 0 radical (unpaired) electrons. The number of rotatable bonds is 17. The number of thiazole rings is 1. The van der Waals surface area contributed by atoms with Crippen molar-refractivity contribution in [1.29, 1.82) is 0 Å². The number of aliphatic carboxylic acids is 1. The molecule has 6 N–H and O–H groups in total. The lowest BCUT2D eigenvalue weighted by molar-refractivity contribution is -0.137. The summed E-state index contributed by atoms with van der Waals surface area (Å²) < 4.78 is 18.9. The Morgan fingerprint density at radius 1 is 0.847 bits per heavy atom. The number of amides is 4.